The maximum absolute atomic E-state index is 11.9. The number of benzene rings is 1. The first-order chi connectivity index (χ1) is 12.1. The molecule has 0 amide bonds. The van der Waals surface area contributed by atoms with Crippen molar-refractivity contribution < 1.29 is 14.3 Å². The smallest absolute Gasteiger partial charge is 0.344 e. The van der Waals surface area contributed by atoms with Crippen LogP contribution in [0.1, 0.15) is 16.7 Å². The van der Waals surface area contributed by atoms with Gasteiger partial charge in [-0.05, 0) is 42.8 Å². The molecule has 3 rings (SSSR count). The van der Waals surface area contributed by atoms with E-state index in [-0.39, 0.29) is 13.2 Å². The molecule has 126 valence electrons. The highest BCUT2D eigenvalue weighted by atomic mass is 35.5. The molecule has 25 heavy (non-hydrogen) atoms. The Morgan fingerprint density at radius 3 is 2.92 bits per heavy atom. The lowest BCUT2D eigenvalue weighted by molar-refractivity contribution is -0.147. The average Bonchev–Trinajstić information content (AvgIpc) is 2.98. The lowest BCUT2D eigenvalue weighted by atomic mass is 10.2. The quantitative estimate of drug-likeness (QED) is 0.652. The average molecular weight is 355 g/mol. The Labute approximate surface area is 150 Å². The number of esters is 1. The molecule has 0 radical (unpaired) electrons. The number of pyridine rings is 1. The monoisotopic (exact) mass is 354 g/mol. The van der Waals surface area contributed by atoms with E-state index in [4.69, 9.17) is 21.1 Å². The first-order valence-corrected chi connectivity index (χ1v) is 7.99. The summed E-state index contributed by atoms with van der Waals surface area (Å²) in [7, 11) is 0. The number of rotatable bonds is 5. The van der Waals surface area contributed by atoms with E-state index in [2.05, 4.69) is 6.07 Å². The molecule has 3 aromatic rings. The summed E-state index contributed by atoms with van der Waals surface area (Å²) in [6, 6.07) is 12.9. The summed E-state index contributed by atoms with van der Waals surface area (Å²) < 4.78 is 12.5. The van der Waals surface area contributed by atoms with Gasteiger partial charge in [-0.25, -0.2) is 4.79 Å². The van der Waals surface area contributed by atoms with E-state index in [1.54, 1.807) is 24.4 Å². The number of hydrogen-bond acceptors (Lipinski definition) is 4. The first kappa shape index (κ1) is 16.9. The molecule has 5 nitrogen and oxygen atoms in total. The highest BCUT2D eigenvalue weighted by Crippen LogP contribution is 2.21. The third kappa shape index (κ3) is 3.76. The molecular weight excluding hydrogens is 340 g/mol. The Morgan fingerprint density at radius 2 is 2.16 bits per heavy atom. The SMILES string of the molecule is Cc1cc(OCC(=O)OCc2cn3ccccc3c2C#N)ccc1Cl. The van der Waals surface area contributed by atoms with Gasteiger partial charge >= 0.3 is 5.97 Å². The second kappa shape index (κ2) is 7.29. The fourth-order valence-corrected chi connectivity index (χ4v) is 2.58. The van der Waals surface area contributed by atoms with Crippen LogP contribution in [0.3, 0.4) is 0 Å². The topological polar surface area (TPSA) is 63.7 Å². The summed E-state index contributed by atoms with van der Waals surface area (Å²) >= 11 is 5.95. The molecule has 0 atom stereocenters. The van der Waals surface area contributed by atoms with Gasteiger partial charge < -0.3 is 13.9 Å². The van der Waals surface area contributed by atoms with E-state index < -0.39 is 5.97 Å². The lowest BCUT2D eigenvalue weighted by Crippen LogP contribution is -2.14. The van der Waals surface area contributed by atoms with Crippen LogP contribution in [0.25, 0.3) is 5.52 Å². The van der Waals surface area contributed by atoms with Crippen molar-refractivity contribution in [1.82, 2.24) is 4.40 Å². The Balaban J connectivity index is 1.61. The van der Waals surface area contributed by atoms with E-state index in [0.717, 1.165) is 11.1 Å². The molecule has 0 N–H and O–H groups in total. The molecule has 1 aromatic carbocycles. The summed E-state index contributed by atoms with van der Waals surface area (Å²) in [6.45, 7) is 1.66. The number of nitriles is 1. The van der Waals surface area contributed by atoms with Crippen molar-refractivity contribution in [3.8, 4) is 11.8 Å². The number of aromatic nitrogens is 1. The minimum atomic E-state index is -0.508. The minimum absolute atomic E-state index is 0.0203. The van der Waals surface area contributed by atoms with Crippen LogP contribution in [0.5, 0.6) is 5.75 Å². The Kier molecular flexibility index (Phi) is 4.92. The number of nitrogens with zero attached hydrogens (tertiary/aromatic N) is 2. The number of carbonyl (C=O) groups excluding carboxylic acids is 1. The number of halogens is 1. The van der Waals surface area contributed by atoms with Gasteiger partial charge in [-0.2, -0.15) is 5.26 Å². The van der Waals surface area contributed by atoms with Gasteiger partial charge in [0.1, 0.15) is 18.4 Å². The van der Waals surface area contributed by atoms with Crippen molar-refractivity contribution in [3.05, 3.63) is 70.5 Å². The van der Waals surface area contributed by atoms with Crippen molar-refractivity contribution >= 4 is 23.1 Å². The van der Waals surface area contributed by atoms with Crippen molar-refractivity contribution in [2.45, 2.75) is 13.5 Å². The predicted octanol–water partition coefficient (Wildman–Crippen LogP) is 3.90. The number of hydrogen-bond donors (Lipinski definition) is 0. The third-order valence-electron chi connectivity index (χ3n) is 3.75. The maximum atomic E-state index is 11.9. The van der Waals surface area contributed by atoms with Crippen LogP contribution in [0.15, 0.2) is 48.8 Å². The van der Waals surface area contributed by atoms with Crippen molar-refractivity contribution in [3.63, 3.8) is 0 Å². The van der Waals surface area contributed by atoms with Gasteiger partial charge in [0, 0.05) is 23.0 Å². The summed E-state index contributed by atoms with van der Waals surface area (Å²) in [5, 5.41) is 9.97. The van der Waals surface area contributed by atoms with Crippen molar-refractivity contribution in [1.29, 1.82) is 5.26 Å². The lowest BCUT2D eigenvalue weighted by Gasteiger charge is -2.08. The summed E-state index contributed by atoms with van der Waals surface area (Å²) in [6.07, 6.45) is 3.62. The Morgan fingerprint density at radius 1 is 1.32 bits per heavy atom. The van der Waals surface area contributed by atoms with Crippen LogP contribution in [-0.4, -0.2) is 17.0 Å². The largest absolute Gasteiger partial charge is 0.482 e. The maximum Gasteiger partial charge on any atom is 0.344 e. The zero-order valence-electron chi connectivity index (χ0n) is 13.5. The van der Waals surface area contributed by atoms with E-state index in [0.29, 0.717) is 21.9 Å². The number of ether oxygens (including phenoxy) is 2. The summed E-state index contributed by atoms with van der Waals surface area (Å²) in [5.41, 5.74) is 2.81. The second-order valence-electron chi connectivity index (χ2n) is 5.49. The molecule has 0 aliphatic carbocycles. The molecule has 0 aliphatic heterocycles. The molecule has 0 spiro atoms. The van der Waals surface area contributed by atoms with E-state index >= 15 is 0 Å². The standard InChI is InChI=1S/C19H15ClN2O3/c1-13-8-15(5-6-17(13)20)24-12-19(23)25-11-14-10-22-7-3-2-4-18(22)16(14)9-21/h2-8,10H,11-12H2,1H3. The van der Waals surface area contributed by atoms with Crippen molar-refractivity contribution in [2.75, 3.05) is 6.61 Å². The third-order valence-corrected chi connectivity index (χ3v) is 4.17. The van der Waals surface area contributed by atoms with Gasteiger partial charge in [-0.1, -0.05) is 17.7 Å². The van der Waals surface area contributed by atoms with Gasteiger partial charge in [0.15, 0.2) is 6.61 Å². The van der Waals surface area contributed by atoms with Gasteiger partial charge in [0.2, 0.25) is 0 Å². The minimum Gasteiger partial charge on any atom is -0.482 e. The van der Waals surface area contributed by atoms with Crippen LogP contribution in [0.4, 0.5) is 0 Å². The first-order valence-electron chi connectivity index (χ1n) is 7.61. The molecule has 0 bridgehead atoms. The summed E-state index contributed by atoms with van der Waals surface area (Å²) in [4.78, 5) is 11.9. The van der Waals surface area contributed by atoms with E-state index in [9.17, 15) is 10.1 Å². The number of carbonyl (C=O) groups is 1. The van der Waals surface area contributed by atoms with Crippen LogP contribution in [-0.2, 0) is 16.1 Å². The van der Waals surface area contributed by atoms with Gasteiger partial charge in [0.25, 0.3) is 0 Å². The molecule has 0 aliphatic rings. The predicted molar refractivity (Wildman–Crippen MR) is 93.6 cm³/mol. The van der Waals surface area contributed by atoms with Crippen LogP contribution in [0, 0.1) is 18.3 Å². The Hall–Kier alpha value is -2.97. The molecular formula is C19H15ClN2O3. The number of fused-ring (bicyclic) bond motifs is 1. The zero-order chi connectivity index (χ0) is 17.8. The summed E-state index contributed by atoms with van der Waals surface area (Å²) in [5.74, 6) is 0.0397. The second-order valence-corrected chi connectivity index (χ2v) is 5.90. The van der Waals surface area contributed by atoms with Gasteiger partial charge in [-0.15, -0.1) is 0 Å². The molecule has 0 saturated carbocycles. The van der Waals surface area contributed by atoms with Crippen LogP contribution < -0.4 is 4.74 Å². The number of aryl methyl sites for hydroxylation is 1. The molecule has 2 heterocycles. The molecule has 0 saturated heterocycles. The van der Waals surface area contributed by atoms with Crippen molar-refractivity contribution in [2.24, 2.45) is 0 Å². The molecule has 0 unspecified atom stereocenters. The van der Waals surface area contributed by atoms with E-state index in [1.165, 1.54) is 0 Å². The van der Waals surface area contributed by atoms with Gasteiger partial charge in [0.05, 0.1) is 11.1 Å². The normalized spacial score (nSPS) is 10.4. The van der Waals surface area contributed by atoms with Gasteiger partial charge in [-0.3, -0.25) is 0 Å². The highest BCUT2D eigenvalue weighted by molar-refractivity contribution is 6.31. The zero-order valence-corrected chi connectivity index (χ0v) is 14.3. The van der Waals surface area contributed by atoms with Crippen LogP contribution in [0.2, 0.25) is 5.02 Å². The van der Waals surface area contributed by atoms with Crippen LogP contribution >= 0.6 is 11.6 Å². The van der Waals surface area contributed by atoms with E-state index in [1.807, 2.05) is 35.7 Å². The molecule has 0 fully saturated rings. The fraction of sp³-hybridized carbons (Fsp3) is 0.158. The molecule has 6 heteroatoms. The highest BCUT2D eigenvalue weighted by Gasteiger charge is 2.12. The molecule has 2 aromatic heterocycles. The fourth-order valence-electron chi connectivity index (χ4n) is 2.47. The Bertz CT molecular complexity index is 972.